The summed E-state index contributed by atoms with van der Waals surface area (Å²) < 4.78 is 16.4. The molecule has 0 spiro atoms. The number of nitrogens with one attached hydrogen (secondary N) is 1. The number of carbonyl (C=O) groups excluding carboxylic acids is 1. The van der Waals surface area contributed by atoms with Gasteiger partial charge in [-0.05, 0) is 35.2 Å². The number of thiophene rings is 1. The van der Waals surface area contributed by atoms with E-state index in [1.54, 1.807) is 23.5 Å². The average Bonchev–Trinajstić information content (AvgIpc) is 3.57. The van der Waals surface area contributed by atoms with Crippen LogP contribution in [0.25, 0.3) is 11.5 Å². The molecule has 0 radical (unpaired) electrons. The van der Waals surface area contributed by atoms with E-state index in [1.165, 1.54) is 11.8 Å². The minimum atomic E-state index is -0.193. The molecule has 0 bridgehead atoms. The molecule has 7 nitrogen and oxygen atoms in total. The summed E-state index contributed by atoms with van der Waals surface area (Å²) in [4.78, 5) is 13.7. The molecule has 1 aliphatic heterocycles. The van der Waals surface area contributed by atoms with Crippen LogP contribution in [0.3, 0.4) is 0 Å². The van der Waals surface area contributed by atoms with Gasteiger partial charge in [0.2, 0.25) is 18.6 Å². The summed E-state index contributed by atoms with van der Waals surface area (Å²) in [6, 6.07) is 19.1. The van der Waals surface area contributed by atoms with Gasteiger partial charge in [-0.25, -0.2) is 0 Å². The highest BCUT2D eigenvalue weighted by Gasteiger charge is 2.20. The number of benzene rings is 2. The summed E-state index contributed by atoms with van der Waals surface area (Å²) >= 11 is 2.81. The molecule has 5 rings (SSSR count). The van der Waals surface area contributed by atoms with Crippen molar-refractivity contribution in [3.8, 4) is 23.0 Å². The molecular weight excluding hydrogens is 434 g/mol. The number of aromatic nitrogens is 2. The van der Waals surface area contributed by atoms with Gasteiger partial charge in [-0.3, -0.25) is 4.79 Å². The lowest BCUT2D eigenvalue weighted by molar-refractivity contribution is -0.119. The molecule has 1 aliphatic rings. The molecule has 31 heavy (non-hydrogen) atoms. The topological polar surface area (TPSA) is 86.5 Å². The molecule has 2 aromatic carbocycles. The van der Waals surface area contributed by atoms with Crippen molar-refractivity contribution in [2.45, 2.75) is 11.3 Å². The molecule has 1 atom stereocenters. The van der Waals surface area contributed by atoms with Gasteiger partial charge < -0.3 is 19.2 Å². The number of hydrogen-bond donors (Lipinski definition) is 1. The maximum atomic E-state index is 12.7. The molecule has 2 aromatic heterocycles. The van der Waals surface area contributed by atoms with Crippen LogP contribution in [0.15, 0.2) is 75.7 Å². The van der Waals surface area contributed by atoms with Gasteiger partial charge in [0.15, 0.2) is 11.5 Å². The molecule has 3 heterocycles. The molecular formula is C22H17N3O4S2. The maximum absolute atomic E-state index is 12.7. The van der Waals surface area contributed by atoms with Gasteiger partial charge in [0, 0.05) is 10.4 Å². The van der Waals surface area contributed by atoms with Gasteiger partial charge >= 0.3 is 0 Å². The Morgan fingerprint density at radius 2 is 1.94 bits per heavy atom. The van der Waals surface area contributed by atoms with Crippen molar-refractivity contribution in [2.75, 3.05) is 12.5 Å². The van der Waals surface area contributed by atoms with Crippen molar-refractivity contribution in [2.24, 2.45) is 0 Å². The SMILES string of the molecule is O=C(CSc1nnc(-c2ccc3c(c2)OCO3)o1)N[C@H](c1ccccc1)c1cccs1. The number of carbonyl (C=O) groups is 1. The molecule has 0 aliphatic carbocycles. The lowest BCUT2D eigenvalue weighted by Crippen LogP contribution is -2.30. The standard InChI is InChI=1S/C22H17N3O4S2/c26-19(23-20(18-7-4-10-30-18)14-5-2-1-3-6-14)12-31-22-25-24-21(29-22)15-8-9-16-17(11-15)28-13-27-16/h1-11,20H,12-13H2,(H,23,26)/t20-/m1/s1. The first-order chi connectivity index (χ1) is 15.3. The molecule has 1 amide bonds. The van der Waals surface area contributed by atoms with Gasteiger partial charge in [-0.1, -0.05) is 48.2 Å². The van der Waals surface area contributed by atoms with E-state index >= 15 is 0 Å². The number of nitrogens with zero attached hydrogens (tertiary/aromatic N) is 2. The maximum Gasteiger partial charge on any atom is 0.277 e. The van der Waals surface area contributed by atoms with Crippen molar-refractivity contribution in [1.82, 2.24) is 15.5 Å². The van der Waals surface area contributed by atoms with E-state index in [4.69, 9.17) is 13.9 Å². The van der Waals surface area contributed by atoms with Gasteiger partial charge in [0.25, 0.3) is 5.22 Å². The minimum absolute atomic E-state index is 0.116. The van der Waals surface area contributed by atoms with Crippen molar-refractivity contribution >= 4 is 29.0 Å². The smallest absolute Gasteiger partial charge is 0.277 e. The number of hydrogen-bond acceptors (Lipinski definition) is 8. The van der Waals surface area contributed by atoms with Crippen LogP contribution in [0.1, 0.15) is 16.5 Å². The van der Waals surface area contributed by atoms with Crippen molar-refractivity contribution in [3.05, 3.63) is 76.5 Å². The first-order valence-corrected chi connectivity index (χ1v) is 11.4. The van der Waals surface area contributed by atoms with Crippen LogP contribution >= 0.6 is 23.1 Å². The third kappa shape index (κ3) is 4.42. The quantitative estimate of drug-likeness (QED) is 0.413. The average molecular weight is 452 g/mol. The Kier molecular flexibility index (Phi) is 5.59. The molecule has 1 N–H and O–H groups in total. The van der Waals surface area contributed by atoms with Crippen molar-refractivity contribution in [3.63, 3.8) is 0 Å². The number of thioether (sulfide) groups is 1. The highest BCUT2D eigenvalue weighted by atomic mass is 32.2. The Morgan fingerprint density at radius 3 is 2.77 bits per heavy atom. The van der Waals surface area contributed by atoms with E-state index in [1.807, 2.05) is 53.9 Å². The number of fused-ring (bicyclic) bond motifs is 1. The number of ether oxygens (including phenoxy) is 2. The zero-order valence-electron chi connectivity index (χ0n) is 16.2. The third-order valence-corrected chi connectivity index (χ3v) is 6.37. The van der Waals surface area contributed by atoms with Gasteiger partial charge in [0.1, 0.15) is 0 Å². The molecule has 0 unspecified atom stereocenters. The molecule has 4 aromatic rings. The second-order valence-corrected chi connectivity index (χ2v) is 8.56. The fourth-order valence-corrected chi connectivity index (χ4v) is 4.54. The van der Waals surface area contributed by atoms with Crippen LogP contribution in [0.4, 0.5) is 0 Å². The Hall–Kier alpha value is -3.30. The molecule has 0 saturated carbocycles. The van der Waals surface area contributed by atoms with Gasteiger partial charge in [-0.15, -0.1) is 21.5 Å². The number of rotatable bonds is 7. The molecule has 9 heteroatoms. The zero-order chi connectivity index (χ0) is 21.0. The lowest BCUT2D eigenvalue weighted by Gasteiger charge is -2.17. The Balaban J connectivity index is 1.23. The van der Waals surface area contributed by atoms with Crippen LogP contribution in [-0.4, -0.2) is 28.7 Å². The summed E-state index contributed by atoms with van der Waals surface area (Å²) in [5.41, 5.74) is 1.76. The van der Waals surface area contributed by atoms with Crippen LogP contribution in [0.5, 0.6) is 11.5 Å². The van der Waals surface area contributed by atoms with Crippen LogP contribution in [-0.2, 0) is 4.79 Å². The normalized spacial score (nSPS) is 13.2. The molecule has 156 valence electrons. The lowest BCUT2D eigenvalue weighted by atomic mass is 10.1. The monoisotopic (exact) mass is 451 g/mol. The second kappa shape index (κ2) is 8.83. The summed E-state index contributed by atoms with van der Waals surface area (Å²) in [6.45, 7) is 0.203. The predicted molar refractivity (Wildman–Crippen MR) is 117 cm³/mol. The zero-order valence-corrected chi connectivity index (χ0v) is 17.8. The van der Waals surface area contributed by atoms with E-state index in [0.29, 0.717) is 22.6 Å². The number of amides is 1. The Labute approximate surface area is 186 Å². The van der Waals surface area contributed by atoms with E-state index in [-0.39, 0.29) is 24.5 Å². The van der Waals surface area contributed by atoms with Crippen molar-refractivity contribution in [1.29, 1.82) is 0 Å². The van der Waals surface area contributed by atoms with Crippen LogP contribution < -0.4 is 14.8 Å². The van der Waals surface area contributed by atoms with E-state index in [2.05, 4.69) is 15.5 Å². The largest absolute Gasteiger partial charge is 0.454 e. The van der Waals surface area contributed by atoms with Crippen LogP contribution in [0, 0.1) is 0 Å². The Bertz CT molecular complexity index is 1180. The third-order valence-electron chi connectivity index (χ3n) is 4.62. The highest BCUT2D eigenvalue weighted by molar-refractivity contribution is 7.99. The van der Waals surface area contributed by atoms with Gasteiger partial charge in [0.05, 0.1) is 11.8 Å². The van der Waals surface area contributed by atoms with Gasteiger partial charge in [-0.2, -0.15) is 0 Å². The van der Waals surface area contributed by atoms with Crippen LogP contribution in [0.2, 0.25) is 0 Å². The first kappa shape index (κ1) is 19.7. The first-order valence-electron chi connectivity index (χ1n) is 9.50. The fraction of sp³-hybridized carbons (Fsp3) is 0.136. The Morgan fingerprint density at radius 1 is 1.06 bits per heavy atom. The highest BCUT2D eigenvalue weighted by Crippen LogP contribution is 2.36. The van der Waals surface area contributed by atoms with E-state index < -0.39 is 0 Å². The predicted octanol–water partition coefficient (Wildman–Crippen LogP) is 4.52. The summed E-state index contributed by atoms with van der Waals surface area (Å²) in [6.07, 6.45) is 0. The molecule has 0 saturated heterocycles. The fourth-order valence-electron chi connectivity index (χ4n) is 3.16. The minimum Gasteiger partial charge on any atom is -0.454 e. The summed E-state index contributed by atoms with van der Waals surface area (Å²) in [5, 5.41) is 13.6. The summed E-state index contributed by atoms with van der Waals surface area (Å²) in [7, 11) is 0. The van der Waals surface area contributed by atoms with Crippen molar-refractivity contribution < 1.29 is 18.7 Å². The summed E-state index contributed by atoms with van der Waals surface area (Å²) in [5.74, 6) is 1.74. The second-order valence-electron chi connectivity index (χ2n) is 6.66. The molecule has 0 fully saturated rings. The van der Waals surface area contributed by atoms with E-state index in [0.717, 1.165) is 16.0 Å². The van der Waals surface area contributed by atoms with E-state index in [9.17, 15) is 4.79 Å².